The van der Waals surface area contributed by atoms with Gasteiger partial charge in [-0.25, -0.2) is 0 Å². The molecule has 0 aliphatic rings. The van der Waals surface area contributed by atoms with Crippen molar-refractivity contribution in [2.24, 2.45) is 0 Å². The summed E-state index contributed by atoms with van der Waals surface area (Å²) in [4.78, 5) is 15.8. The van der Waals surface area contributed by atoms with Crippen LogP contribution in [0.25, 0.3) is 0 Å². The molecule has 0 aliphatic carbocycles. The van der Waals surface area contributed by atoms with Crippen LogP contribution in [0.2, 0.25) is 0 Å². The SMILES string of the molecule is CS(=O)CCCNC(=O)c1cncc(C#CCCO)c1. The van der Waals surface area contributed by atoms with Gasteiger partial charge in [-0.15, -0.1) is 0 Å². The number of nitrogens with one attached hydrogen (secondary N) is 1. The Labute approximate surface area is 121 Å². The van der Waals surface area contributed by atoms with Crippen molar-refractivity contribution in [3.63, 3.8) is 0 Å². The smallest absolute Gasteiger partial charge is 0.252 e. The molecule has 0 spiro atoms. The first-order chi connectivity index (χ1) is 9.63. The highest BCUT2D eigenvalue weighted by molar-refractivity contribution is 7.84. The number of amides is 1. The summed E-state index contributed by atoms with van der Waals surface area (Å²) < 4.78 is 10.9. The summed E-state index contributed by atoms with van der Waals surface area (Å²) in [7, 11) is -0.836. The van der Waals surface area contributed by atoms with Crippen molar-refractivity contribution in [3.8, 4) is 11.8 Å². The van der Waals surface area contributed by atoms with Crippen LogP contribution in [-0.2, 0) is 10.8 Å². The average molecular weight is 294 g/mol. The summed E-state index contributed by atoms with van der Waals surface area (Å²) in [5.41, 5.74) is 1.08. The molecular weight excluding hydrogens is 276 g/mol. The zero-order valence-electron chi connectivity index (χ0n) is 11.4. The Kier molecular flexibility index (Phi) is 7.55. The number of hydrogen-bond donors (Lipinski definition) is 2. The summed E-state index contributed by atoms with van der Waals surface area (Å²) in [5, 5.41) is 11.4. The van der Waals surface area contributed by atoms with Crippen LogP contribution in [0.5, 0.6) is 0 Å². The fourth-order valence-corrected chi connectivity index (χ4v) is 1.98. The van der Waals surface area contributed by atoms with Crippen molar-refractivity contribution in [1.29, 1.82) is 0 Å². The molecular formula is C14H18N2O3S. The van der Waals surface area contributed by atoms with Crippen LogP contribution < -0.4 is 5.32 Å². The van der Waals surface area contributed by atoms with Gasteiger partial charge in [0.15, 0.2) is 0 Å². The topological polar surface area (TPSA) is 79.3 Å². The minimum absolute atomic E-state index is 0.0133. The van der Waals surface area contributed by atoms with E-state index in [0.29, 0.717) is 36.3 Å². The third-order valence-corrected chi connectivity index (χ3v) is 3.23. The average Bonchev–Trinajstić information content (AvgIpc) is 2.44. The molecule has 0 bridgehead atoms. The van der Waals surface area contributed by atoms with Crippen molar-refractivity contribution >= 4 is 16.7 Å². The fraction of sp³-hybridized carbons (Fsp3) is 0.429. The maximum atomic E-state index is 11.9. The van der Waals surface area contributed by atoms with Gasteiger partial charge in [-0.2, -0.15) is 0 Å². The molecule has 2 N–H and O–H groups in total. The van der Waals surface area contributed by atoms with E-state index in [0.717, 1.165) is 0 Å². The van der Waals surface area contributed by atoms with E-state index in [2.05, 4.69) is 22.1 Å². The number of aromatic nitrogens is 1. The number of carbonyl (C=O) groups excluding carboxylic acids is 1. The minimum Gasteiger partial charge on any atom is -0.395 e. The van der Waals surface area contributed by atoms with Crippen molar-refractivity contribution in [3.05, 3.63) is 29.6 Å². The van der Waals surface area contributed by atoms with Crippen LogP contribution in [0.15, 0.2) is 18.5 Å². The number of pyridine rings is 1. The lowest BCUT2D eigenvalue weighted by atomic mass is 10.2. The molecule has 1 aromatic heterocycles. The van der Waals surface area contributed by atoms with E-state index in [9.17, 15) is 9.00 Å². The molecule has 108 valence electrons. The molecule has 1 atom stereocenters. The molecule has 0 fully saturated rings. The van der Waals surface area contributed by atoms with Gasteiger partial charge in [-0.05, 0) is 12.5 Å². The highest BCUT2D eigenvalue weighted by Crippen LogP contribution is 2.01. The summed E-state index contributed by atoms with van der Waals surface area (Å²) in [6.45, 7) is 0.498. The fourth-order valence-electron chi connectivity index (χ4n) is 1.43. The van der Waals surface area contributed by atoms with Gasteiger partial charge < -0.3 is 10.4 Å². The monoisotopic (exact) mass is 294 g/mol. The van der Waals surface area contributed by atoms with E-state index in [4.69, 9.17) is 5.11 Å². The Morgan fingerprint density at radius 3 is 3.00 bits per heavy atom. The highest BCUT2D eigenvalue weighted by Gasteiger charge is 2.05. The van der Waals surface area contributed by atoms with Crippen LogP contribution in [0.3, 0.4) is 0 Å². The Bertz CT molecular complexity index is 535. The largest absolute Gasteiger partial charge is 0.395 e. The third-order valence-electron chi connectivity index (χ3n) is 2.36. The summed E-state index contributed by atoms with van der Waals surface area (Å²) in [6, 6.07) is 1.66. The number of aliphatic hydroxyl groups excluding tert-OH is 1. The normalized spacial score (nSPS) is 11.3. The first kappa shape index (κ1) is 16.3. The quantitative estimate of drug-likeness (QED) is 0.585. The predicted octanol–water partition coefficient (Wildman–Crippen LogP) is 0.314. The number of nitrogens with zero attached hydrogens (tertiary/aromatic N) is 1. The van der Waals surface area contributed by atoms with E-state index in [1.54, 1.807) is 18.5 Å². The van der Waals surface area contributed by atoms with Gasteiger partial charge in [0.1, 0.15) is 0 Å². The second-order valence-corrected chi connectivity index (χ2v) is 5.68. The molecule has 1 unspecified atom stereocenters. The molecule has 1 heterocycles. The Morgan fingerprint density at radius 1 is 1.50 bits per heavy atom. The first-order valence-electron chi connectivity index (χ1n) is 6.26. The zero-order valence-corrected chi connectivity index (χ0v) is 12.2. The molecule has 0 aliphatic heterocycles. The van der Waals surface area contributed by atoms with Crippen LogP contribution in [-0.4, -0.2) is 45.4 Å². The van der Waals surface area contributed by atoms with Gasteiger partial charge in [0.25, 0.3) is 5.91 Å². The van der Waals surface area contributed by atoms with Gasteiger partial charge in [-0.3, -0.25) is 14.0 Å². The molecule has 20 heavy (non-hydrogen) atoms. The Hall–Kier alpha value is -1.71. The number of rotatable bonds is 6. The maximum Gasteiger partial charge on any atom is 0.252 e. The van der Waals surface area contributed by atoms with E-state index in [-0.39, 0.29) is 12.5 Å². The van der Waals surface area contributed by atoms with Crippen molar-refractivity contribution < 1.29 is 14.1 Å². The van der Waals surface area contributed by atoms with Gasteiger partial charge in [-0.1, -0.05) is 11.8 Å². The van der Waals surface area contributed by atoms with E-state index in [1.807, 2.05) is 0 Å². The van der Waals surface area contributed by atoms with Crippen LogP contribution >= 0.6 is 0 Å². The third kappa shape index (κ3) is 6.45. The van der Waals surface area contributed by atoms with Gasteiger partial charge in [0, 0.05) is 53.7 Å². The van der Waals surface area contributed by atoms with Crippen LogP contribution in [0.1, 0.15) is 28.8 Å². The molecule has 5 nitrogen and oxygen atoms in total. The lowest BCUT2D eigenvalue weighted by molar-refractivity contribution is 0.0953. The Morgan fingerprint density at radius 2 is 2.30 bits per heavy atom. The molecule has 0 saturated carbocycles. The molecule has 0 radical (unpaired) electrons. The summed E-state index contributed by atoms with van der Waals surface area (Å²) in [6.07, 6.45) is 5.76. The molecule has 1 aromatic rings. The van der Waals surface area contributed by atoms with Gasteiger partial charge in [0.2, 0.25) is 0 Å². The summed E-state index contributed by atoms with van der Waals surface area (Å²) >= 11 is 0. The van der Waals surface area contributed by atoms with E-state index in [1.165, 1.54) is 6.20 Å². The molecule has 6 heteroatoms. The highest BCUT2D eigenvalue weighted by atomic mass is 32.2. The van der Waals surface area contributed by atoms with Gasteiger partial charge >= 0.3 is 0 Å². The second-order valence-electron chi connectivity index (χ2n) is 4.12. The van der Waals surface area contributed by atoms with Crippen LogP contribution in [0, 0.1) is 11.8 Å². The molecule has 0 saturated heterocycles. The lowest BCUT2D eigenvalue weighted by Gasteiger charge is -2.04. The number of hydrogen-bond acceptors (Lipinski definition) is 4. The molecule has 0 aromatic carbocycles. The maximum absolute atomic E-state index is 11.9. The number of carbonyl (C=O) groups is 1. The number of aliphatic hydroxyl groups is 1. The van der Waals surface area contributed by atoms with E-state index < -0.39 is 10.8 Å². The van der Waals surface area contributed by atoms with Crippen LogP contribution in [0.4, 0.5) is 0 Å². The predicted molar refractivity (Wildman–Crippen MR) is 78.7 cm³/mol. The molecule has 1 amide bonds. The van der Waals surface area contributed by atoms with E-state index >= 15 is 0 Å². The van der Waals surface area contributed by atoms with Crippen molar-refractivity contribution in [2.45, 2.75) is 12.8 Å². The summed E-state index contributed by atoms with van der Waals surface area (Å²) in [5.74, 6) is 5.96. The van der Waals surface area contributed by atoms with Crippen molar-refractivity contribution in [2.75, 3.05) is 25.2 Å². The van der Waals surface area contributed by atoms with Crippen molar-refractivity contribution in [1.82, 2.24) is 10.3 Å². The Balaban J connectivity index is 2.54. The lowest BCUT2D eigenvalue weighted by Crippen LogP contribution is -2.25. The second kappa shape index (κ2) is 9.23. The first-order valence-corrected chi connectivity index (χ1v) is 7.99. The van der Waals surface area contributed by atoms with Gasteiger partial charge in [0.05, 0.1) is 12.2 Å². The molecule has 1 rings (SSSR count). The minimum atomic E-state index is -0.836. The standard InChI is InChI=1S/C14H18N2O3S/c1-20(19)8-4-6-16-14(18)13-9-12(10-15-11-13)5-2-3-7-17/h9-11,17H,3-4,6-8H2,1H3,(H,16,18). The zero-order chi connectivity index (χ0) is 14.8.